The van der Waals surface area contributed by atoms with Crippen molar-refractivity contribution in [2.24, 2.45) is 0 Å². The second-order valence-electron chi connectivity index (χ2n) is 1.92. The Labute approximate surface area is 66.7 Å². The molecule has 78 valence electrons. The number of carbonyl (C=O) groups excluding carboxylic acids is 1. The summed E-state index contributed by atoms with van der Waals surface area (Å²) in [6, 6.07) is 0. The lowest BCUT2D eigenvalue weighted by molar-refractivity contribution is -0.348. The van der Waals surface area contributed by atoms with Crippen LogP contribution in [0.25, 0.3) is 0 Å². The first-order valence-electron chi connectivity index (χ1n) is 2.60. The van der Waals surface area contributed by atoms with E-state index in [9.17, 15) is 35.5 Å². The van der Waals surface area contributed by atoms with Crippen LogP contribution in [-0.4, -0.2) is 24.6 Å². The highest BCUT2D eigenvalue weighted by atomic mass is 19.4. The van der Waals surface area contributed by atoms with E-state index in [0.29, 0.717) is 0 Å². The number of amides is 1. The number of alkyl halides is 7. The minimum Gasteiger partial charge on any atom is -0.311 e. The standard InChI is InChI=1S/C4H2F7NO/c5-2(12-1-13,3(6,7)8)4(9,10)11/h1H,(H,12,13). The summed E-state index contributed by atoms with van der Waals surface area (Å²) in [6.45, 7) is 0. The summed E-state index contributed by atoms with van der Waals surface area (Å²) in [6.07, 6.45) is -13.5. The molecule has 0 heterocycles. The molecule has 9 heteroatoms. The highest BCUT2D eigenvalue weighted by Crippen LogP contribution is 2.43. The van der Waals surface area contributed by atoms with Gasteiger partial charge in [0.15, 0.2) is 0 Å². The van der Waals surface area contributed by atoms with Crippen molar-refractivity contribution >= 4 is 6.41 Å². The molecule has 0 aromatic rings. The van der Waals surface area contributed by atoms with E-state index in [2.05, 4.69) is 0 Å². The van der Waals surface area contributed by atoms with Crippen LogP contribution < -0.4 is 5.32 Å². The molecule has 0 aromatic carbocycles. The van der Waals surface area contributed by atoms with Crippen molar-refractivity contribution in [2.75, 3.05) is 0 Å². The van der Waals surface area contributed by atoms with Crippen LogP contribution in [0.4, 0.5) is 30.7 Å². The molecule has 0 aliphatic carbocycles. The molecule has 0 aromatic heterocycles. The Morgan fingerprint density at radius 3 is 1.23 bits per heavy atom. The molecular formula is C4H2F7NO. The first-order valence-corrected chi connectivity index (χ1v) is 2.60. The van der Waals surface area contributed by atoms with Gasteiger partial charge in [-0.2, -0.15) is 30.7 Å². The van der Waals surface area contributed by atoms with Crippen LogP contribution in [0, 0.1) is 0 Å². The predicted octanol–water partition coefficient (Wildman–Crippen LogP) is 1.52. The Kier molecular flexibility index (Phi) is 2.80. The van der Waals surface area contributed by atoms with Gasteiger partial charge in [0.1, 0.15) is 0 Å². The molecular weight excluding hydrogens is 211 g/mol. The third-order valence-corrected chi connectivity index (χ3v) is 1.04. The maximum Gasteiger partial charge on any atom is 0.451 e. The first kappa shape index (κ1) is 12.0. The van der Waals surface area contributed by atoms with Crippen LogP contribution >= 0.6 is 0 Å². The van der Waals surface area contributed by atoms with Crippen molar-refractivity contribution in [1.82, 2.24) is 5.32 Å². The predicted molar refractivity (Wildman–Crippen MR) is 25.1 cm³/mol. The molecule has 0 saturated heterocycles. The van der Waals surface area contributed by atoms with Crippen LogP contribution in [0.1, 0.15) is 0 Å². The van der Waals surface area contributed by atoms with E-state index in [1.807, 2.05) is 0 Å². The van der Waals surface area contributed by atoms with E-state index in [0.717, 1.165) is 0 Å². The summed E-state index contributed by atoms with van der Waals surface area (Å²) in [5, 5.41) is 0.0417. The Morgan fingerprint density at radius 2 is 1.15 bits per heavy atom. The summed E-state index contributed by atoms with van der Waals surface area (Å²) < 4.78 is 81.0. The van der Waals surface area contributed by atoms with E-state index in [4.69, 9.17) is 0 Å². The lowest BCUT2D eigenvalue weighted by Crippen LogP contribution is -2.62. The molecule has 0 aliphatic heterocycles. The van der Waals surface area contributed by atoms with Gasteiger partial charge in [-0.15, -0.1) is 0 Å². The molecule has 0 bridgehead atoms. The second kappa shape index (κ2) is 3.04. The molecule has 0 aliphatic rings. The number of nitrogens with one attached hydrogen (secondary N) is 1. The molecule has 0 saturated carbocycles. The lowest BCUT2D eigenvalue weighted by Gasteiger charge is -2.28. The van der Waals surface area contributed by atoms with Crippen LogP contribution in [0.15, 0.2) is 0 Å². The molecule has 0 radical (unpaired) electrons. The zero-order chi connectivity index (χ0) is 10.9. The molecule has 0 fully saturated rings. The van der Waals surface area contributed by atoms with E-state index < -0.39 is 24.6 Å². The quantitative estimate of drug-likeness (QED) is 0.420. The average molecular weight is 213 g/mol. The molecule has 0 spiro atoms. The molecule has 13 heavy (non-hydrogen) atoms. The topological polar surface area (TPSA) is 29.1 Å². The first-order chi connectivity index (χ1) is 5.56. The Hall–Kier alpha value is -1.02. The number of rotatable bonds is 2. The Bertz CT molecular complexity index is 180. The van der Waals surface area contributed by atoms with Crippen molar-refractivity contribution in [1.29, 1.82) is 0 Å². The average Bonchev–Trinajstić information content (AvgIpc) is 1.82. The van der Waals surface area contributed by atoms with Gasteiger partial charge >= 0.3 is 18.1 Å². The molecule has 0 rings (SSSR count). The van der Waals surface area contributed by atoms with Gasteiger partial charge in [0, 0.05) is 0 Å². The Morgan fingerprint density at radius 1 is 0.846 bits per heavy atom. The zero-order valence-electron chi connectivity index (χ0n) is 5.63. The van der Waals surface area contributed by atoms with Gasteiger partial charge in [0.2, 0.25) is 6.41 Å². The fourth-order valence-electron chi connectivity index (χ4n) is 0.406. The number of halogens is 7. The van der Waals surface area contributed by atoms with E-state index in [1.165, 1.54) is 0 Å². The normalized spacial score (nSPS) is 14.1. The van der Waals surface area contributed by atoms with Gasteiger partial charge in [-0.05, 0) is 0 Å². The van der Waals surface area contributed by atoms with Gasteiger partial charge < -0.3 is 5.32 Å². The summed E-state index contributed by atoms with van der Waals surface area (Å²) in [4.78, 5) is 9.36. The van der Waals surface area contributed by atoms with Gasteiger partial charge in [-0.25, -0.2) is 0 Å². The minimum absolute atomic E-state index is 0.0417. The highest BCUT2D eigenvalue weighted by molar-refractivity contribution is 5.48. The second-order valence-corrected chi connectivity index (χ2v) is 1.92. The summed E-state index contributed by atoms with van der Waals surface area (Å²) in [5.74, 6) is -5.69. The zero-order valence-corrected chi connectivity index (χ0v) is 5.63. The van der Waals surface area contributed by atoms with Crippen LogP contribution in [0.2, 0.25) is 0 Å². The van der Waals surface area contributed by atoms with E-state index >= 15 is 0 Å². The summed E-state index contributed by atoms with van der Waals surface area (Å²) >= 11 is 0. The monoisotopic (exact) mass is 213 g/mol. The van der Waals surface area contributed by atoms with Gasteiger partial charge in [0.05, 0.1) is 0 Å². The van der Waals surface area contributed by atoms with Gasteiger partial charge in [0.25, 0.3) is 0 Å². The maximum atomic E-state index is 12.2. The fourth-order valence-corrected chi connectivity index (χ4v) is 0.406. The van der Waals surface area contributed by atoms with E-state index in [-0.39, 0.29) is 5.32 Å². The smallest absolute Gasteiger partial charge is 0.311 e. The molecule has 1 N–H and O–H groups in total. The Balaban J connectivity index is 5.07. The molecule has 0 unspecified atom stereocenters. The number of carbonyl (C=O) groups is 1. The van der Waals surface area contributed by atoms with Crippen LogP contribution in [0.5, 0.6) is 0 Å². The molecule has 0 atom stereocenters. The third kappa shape index (κ3) is 2.01. The van der Waals surface area contributed by atoms with Crippen LogP contribution in [-0.2, 0) is 4.79 Å². The molecule has 2 nitrogen and oxygen atoms in total. The number of hydrogen-bond donors (Lipinski definition) is 1. The summed E-state index contributed by atoms with van der Waals surface area (Å²) in [7, 11) is 0. The van der Waals surface area contributed by atoms with Crippen molar-refractivity contribution < 1.29 is 35.5 Å². The van der Waals surface area contributed by atoms with Crippen molar-refractivity contribution in [3.05, 3.63) is 0 Å². The molecule has 1 amide bonds. The van der Waals surface area contributed by atoms with Crippen molar-refractivity contribution in [3.8, 4) is 0 Å². The third-order valence-electron chi connectivity index (χ3n) is 1.04. The van der Waals surface area contributed by atoms with E-state index in [1.54, 1.807) is 0 Å². The lowest BCUT2D eigenvalue weighted by atomic mass is 10.2. The maximum absolute atomic E-state index is 12.2. The van der Waals surface area contributed by atoms with Gasteiger partial charge in [-0.3, -0.25) is 4.79 Å². The largest absolute Gasteiger partial charge is 0.451 e. The fraction of sp³-hybridized carbons (Fsp3) is 0.750. The van der Waals surface area contributed by atoms with Gasteiger partial charge in [-0.1, -0.05) is 0 Å². The minimum atomic E-state index is -6.24. The SMILES string of the molecule is O=CNC(F)(C(F)(F)F)C(F)(F)F. The highest BCUT2D eigenvalue weighted by Gasteiger charge is 2.73. The summed E-state index contributed by atoms with van der Waals surface area (Å²) in [5.41, 5.74) is 0. The van der Waals surface area contributed by atoms with Crippen LogP contribution in [0.3, 0.4) is 0 Å². The van der Waals surface area contributed by atoms with Crippen molar-refractivity contribution in [2.45, 2.75) is 18.1 Å². The number of hydrogen-bond acceptors (Lipinski definition) is 1. The van der Waals surface area contributed by atoms with Crippen molar-refractivity contribution in [3.63, 3.8) is 0 Å².